The van der Waals surface area contributed by atoms with E-state index in [2.05, 4.69) is 27.8 Å². The summed E-state index contributed by atoms with van der Waals surface area (Å²) < 4.78 is 13.3. The summed E-state index contributed by atoms with van der Waals surface area (Å²) in [6.45, 7) is 7.54. The monoisotopic (exact) mass is 463 g/mol. The number of hydrogen-bond donors (Lipinski definition) is 3. The van der Waals surface area contributed by atoms with Gasteiger partial charge in [-0.2, -0.15) is 0 Å². The molecular formula is C27H34FN5O. The van der Waals surface area contributed by atoms with Crippen molar-refractivity contribution < 1.29 is 9.18 Å². The zero-order valence-electron chi connectivity index (χ0n) is 20.1. The summed E-state index contributed by atoms with van der Waals surface area (Å²) >= 11 is 0. The van der Waals surface area contributed by atoms with E-state index < -0.39 is 0 Å². The molecular weight excluding hydrogens is 429 g/mol. The van der Waals surface area contributed by atoms with Gasteiger partial charge in [0.2, 0.25) is 0 Å². The van der Waals surface area contributed by atoms with E-state index in [4.69, 9.17) is 4.99 Å². The molecule has 3 N–H and O–H groups in total. The molecule has 34 heavy (non-hydrogen) atoms. The van der Waals surface area contributed by atoms with E-state index in [0.717, 1.165) is 43.0 Å². The molecule has 2 aromatic rings. The largest absolute Gasteiger partial charge is 0.354 e. The van der Waals surface area contributed by atoms with Crippen molar-refractivity contribution in [2.24, 2.45) is 4.99 Å². The Balaban J connectivity index is 1.64. The van der Waals surface area contributed by atoms with Crippen molar-refractivity contribution in [1.82, 2.24) is 10.2 Å². The zero-order chi connectivity index (χ0) is 24.3. The summed E-state index contributed by atoms with van der Waals surface area (Å²) in [4.78, 5) is 19.5. The van der Waals surface area contributed by atoms with Crippen LogP contribution in [0.25, 0.3) is 0 Å². The van der Waals surface area contributed by atoms with Gasteiger partial charge in [-0.1, -0.05) is 32.1 Å². The number of aryl methyl sites for hydroxylation is 1. The predicted octanol–water partition coefficient (Wildman–Crippen LogP) is 5.92. The van der Waals surface area contributed by atoms with Crippen LogP contribution in [0.5, 0.6) is 0 Å². The summed E-state index contributed by atoms with van der Waals surface area (Å²) in [6, 6.07) is 13.9. The fraction of sp³-hybridized carbons (Fsp3) is 0.333. The Labute approximate surface area is 201 Å². The van der Waals surface area contributed by atoms with Crippen LogP contribution in [0.1, 0.15) is 39.2 Å². The molecule has 0 aliphatic carbocycles. The standard InChI is InChI=1S/C27H34FN5O/c1-4-8-25(29-22-14-12-21(28)13-15-22)32-26(9-5-2)33-17-16-24(19-33)31-27(34)30-23-11-7-10-20(6-3)18-23/h5,7-15,18,24,29H,4,6,16-17,19H2,1-3H3,(H2,30,31,34)/b9-5-,25-8+,32-26+. The molecule has 1 aliphatic heterocycles. The number of benzene rings is 2. The molecule has 2 aromatic carbocycles. The van der Waals surface area contributed by atoms with Gasteiger partial charge in [0.1, 0.15) is 17.5 Å². The first-order chi connectivity index (χ1) is 16.5. The highest BCUT2D eigenvalue weighted by Gasteiger charge is 2.25. The fourth-order valence-corrected chi connectivity index (χ4v) is 3.79. The predicted molar refractivity (Wildman–Crippen MR) is 139 cm³/mol. The van der Waals surface area contributed by atoms with Gasteiger partial charge in [-0.05, 0) is 80.3 Å². The zero-order valence-corrected chi connectivity index (χ0v) is 20.1. The summed E-state index contributed by atoms with van der Waals surface area (Å²) in [5.74, 6) is 1.24. The molecule has 1 saturated heterocycles. The van der Waals surface area contributed by atoms with E-state index in [1.54, 1.807) is 12.1 Å². The fourth-order valence-electron chi connectivity index (χ4n) is 3.79. The van der Waals surface area contributed by atoms with Crippen molar-refractivity contribution in [3.05, 3.63) is 84.0 Å². The Morgan fingerprint density at radius 3 is 2.65 bits per heavy atom. The first-order valence-corrected chi connectivity index (χ1v) is 11.9. The molecule has 0 radical (unpaired) electrons. The van der Waals surface area contributed by atoms with E-state index in [0.29, 0.717) is 12.4 Å². The maximum atomic E-state index is 13.3. The van der Waals surface area contributed by atoms with E-state index in [-0.39, 0.29) is 17.9 Å². The van der Waals surface area contributed by atoms with Crippen LogP contribution in [0, 0.1) is 5.82 Å². The van der Waals surface area contributed by atoms with Crippen molar-refractivity contribution >= 4 is 23.2 Å². The molecule has 6 nitrogen and oxygen atoms in total. The van der Waals surface area contributed by atoms with E-state index in [1.165, 1.54) is 17.7 Å². The lowest BCUT2D eigenvalue weighted by molar-refractivity contribution is 0.248. The molecule has 3 rings (SSSR count). The van der Waals surface area contributed by atoms with Gasteiger partial charge in [-0.15, -0.1) is 0 Å². The SMILES string of the molecule is C\C=C/C(=N\C(=C\CC)Nc1ccc(F)cc1)N1CCC(NC(=O)Nc2cccc(CC)c2)C1. The number of carbonyl (C=O) groups is 1. The second-order valence-corrected chi connectivity index (χ2v) is 8.18. The Hall–Kier alpha value is -3.61. The number of hydrogen-bond acceptors (Lipinski definition) is 3. The molecule has 1 unspecified atom stereocenters. The van der Waals surface area contributed by atoms with Crippen LogP contribution in [0.15, 0.2) is 77.6 Å². The number of nitrogens with one attached hydrogen (secondary N) is 3. The van der Waals surface area contributed by atoms with Crippen molar-refractivity contribution in [2.75, 3.05) is 23.7 Å². The summed E-state index contributed by atoms with van der Waals surface area (Å²) in [6.07, 6.45) is 8.47. The van der Waals surface area contributed by atoms with Crippen molar-refractivity contribution in [3.8, 4) is 0 Å². The highest BCUT2D eigenvalue weighted by molar-refractivity contribution is 5.94. The number of likely N-dealkylation sites (tertiary alicyclic amines) is 1. The molecule has 2 amide bonds. The molecule has 0 aromatic heterocycles. The van der Waals surface area contributed by atoms with E-state index >= 15 is 0 Å². The first-order valence-electron chi connectivity index (χ1n) is 11.9. The number of urea groups is 1. The molecule has 0 saturated carbocycles. The number of carbonyl (C=O) groups excluding carboxylic acids is 1. The minimum Gasteiger partial charge on any atom is -0.354 e. The number of amidine groups is 1. The average molecular weight is 464 g/mol. The van der Waals surface area contributed by atoms with Crippen LogP contribution in [0.4, 0.5) is 20.6 Å². The first kappa shape index (κ1) is 25.0. The van der Waals surface area contributed by atoms with Crippen LogP contribution in [-0.2, 0) is 6.42 Å². The number of nitrogens with zero attached hydrogens (tertiary/aromatic N) is 2. The van der Waals surface area contributed by atoms with Gasteiger partial charge >= 0.3 is 6.03 Å². The number of aliphatic imine (C=N–C) groups is 1. The van der Waals surface area contributed by atoms with E-state index in [1.807, 2.05) is 56.3 Å². The number of halogens is 1. The average Bonchev–Trinajstić information content (AvgIpc) is 3.28. The highest BCUT2D eigenvalue weighted by atomic mass is 19.1. The molecule has 1 heterocycles. The maximum absolute atomic E-state index is 13.3. The topological polar surface area (TPSA) is 68.8 Å². The van der Waals surface area contributed by atoms with Gasteiger partial charge < -0.3 is 20.9 Å². The lowest BCUT2D eigenvalue weighted by Crippen LogP contribution is -2.40. The molecule has 0 spiro atoms. The molecule has 1 aliphatic rings. The third-order valence-electron chi connectivity index (χ3n) is 5.51. The van der Waals surface area contributed by atoms with Crippen LogP contribution in [0.3, 0.4) is 0 Å². The van der Waals surface area contributed by atoms with Crippen LogP contribution in [-0.4, -0.2) is 35.9 Å². The van der Waals surface area contributed by atoms with Crippen LogP contribution in [0.2, 0.25) is 0 Å². The van der Waals surface area contributed by atoms with Crippen LogP contribution < -0.4 is 16.0 Å². The van der Waals surface area contributed by atoms with Crippen LogP contribution >= 0.6 is 0 Å². The van der Waals surface area contributed by atoms with Gasteiger partial charge in [0.15, 0.2) is 0 Å². The lowest BCUT2D eigenvalue weighted by atomic mass is 10.1. The molecule has 7 heteroatoms. The second-order valence-electron chi connectivity index (χ2n) is 8.18. The highest BCUT2D eigenvalue weighted by Crippen LogP contribution is 2.17. The molecule has 0 bridgehead atoms. The summed E-state index contributed by atoms with van der Waals surface area (Å²) in [5, 5.41) is 9.28. The minimum atomic E-state index is -0.276. The Morgan fingerprint density at radius 1 is 1.15 bits per heavy atom. The number of allylic oxidation sites excluding steroid dienone is 2. The Morgan fingerprint density at radius 2 is 1.94 bits per heavy atom. The van der Waals surface area contributed by atoms with Gasteiger partial charge in [-0.25, -0.2) is 14.2 Å². The maximum Gasteiger partial charge on any atom is 0.319 e. The summed E-state index contributed by atoms with van der Waals surface area (Å²) in [5.41, 5.74) is 2.75. The van der Waals surface area contributed by atoms with Gasteiger partial charge in [0.05, 0.1) is 0 Å². The normalized spacial score (nSPS) is 16.7. The van der Waals surface area contributed by atoms with Gasteiger partial charge in [-0.3, -0.25) is 0 Å². The molecule has 180 valence electrons. The van der Waals surface area contributed by atoms with Crippen molar-refractivity contribution in [2.45, 2.75) is 46.1 Å². The minimum absolute atomic E-state index is 0.0217. The Kier molecular flexibility index (Phi) is 9.26. The molecule has 1 atom stereocenters. The number of amides is 2. The number of anilines is 2. The quantitative estimate of drug-likeness (QED) is 0.336. The van der Waals surface area contributed by atoms with Gasteiger partial charge in [0.25, 0.3) is 0 Å². The molecule has 1 fully saturated rings. The van der Waals surface area contributed by atoms with E-state index in [9.17, 15) is 9.18 Å². The number of rotatable bonds is 8. The summed E-state index contributed by atoms with van der Waals surface area (Å²) in [7, 11) is 0. The third-order valence-corrected chi connectivity index (χ3v) is 5.51. The Bertz CT molecular complexity index is 1050. The lowest BCUT2D eigenvalue weighted by Gasteiger charge is -2.20. The van der Waals surface area contributed by atoms with Crippen molar-refractivity contribution in [3.63, 3.8) is 0 Å². The smallest absolute Gasteiger partial charge is 0.319 e. The van der Waals surface area contributed by atoms with Crippen molar-refractivity contribution in [1.29, 1.82) is 0 Å². The van der Waals surface area contributed by atoms with Gasteiger partial charge in [0, 0.05) is 30.5 Å². The third kappa shape index (κ3) is 7.47. The second kappa shape index (κ2) is 12.6.